The van der Waals surface area contributed by atoms with Crippen LogP contribution in [-0.2, 0) is 6.54 Å². The molecular formula is C13H15N5O. The van der Waals surface area contributed by atoms with Crippen LogP contribution in [0, 0.1) is 0 Å². The summed E-state index contributed by atoms with van der Waals surface area (Å²) in [4.78, 5) is 11.5. The average Bonchev–Trinajstić information content (AvgIpc) is 2.46. The van der Waals surface area contributed by atoms with Crippen molar-refractivity contribution in [1.82, 2.24) is 15.5 Å². The summed E-state index contributed by atoms with van der Waals surface area (Å²) < 4.78 is 0. The number of benzene rings is 1. The van der Waals surface area contributed by atoms with Gasteiger partial charge in [-0.15, -0.1) is 0 Å². The van der Waals surface area contributed by atoms with Crippen molar-refractivity contribution >= 4 is 17.3 Å². The predicted molar refractivity (Wildman–Crippen MR) is 73.6 cm³/mol. The minimum absolute atomic E-state index is 0.160. The molecule has 0 aliphatic rings. The molecule has 0 aliphatic heterocycles. The Balaban J connectivity index is 2.07. The van der Waals surface area contributed by atoms with Crippen molar-refractivity contribution in [1.29, 1.82) is 0 Å². The number of carbonyl (C=O) groups is 1. The fourth-order valence-corrected chi connectivity index (χ4v) is 1.62. The van der Waals surface area contributed by atoms with E-state index in [1.54, 1.807) is 31.4 Å². The molecule has 0 spiro atoms. The molecule has 1 aromatic heterocycles. The van der Waals surface area contributed by atoms with Crippen LogP contribution in [0.25, 0.3) is 0 Å². The molecule has 19 heavy (non-hydrogen) atoms. The van der Waals surface area contributed by atoms with E-state index >= 15 is 0 Å². The summed E-state index contributed by atoms with van der Waals surface area (Å²) >= 11 is 0. The quantitative estimate of drug-likeness (QED) is 0.711. The van der Waals surface area contributed by atoms with Gasteiger partial charge in [-0.1, -0.05) is 0 Å². The zero-order valence-electron chi connectivity index (χ0n) is 10.6. The average molecular weight is 257 g/mol. The van der Waals surface area contributed by atoms with Gasteiger partial charge in [0.05, 0.1) is 23.6 Å². The Morgan fingerprint density at radius 1 is 1.37 bits per heavy atom. The molecule has 4 N–H and O–H groups in total. The minimum Gasteiger partial charge on any atom is -0.397 e. The topological polar surface area (TPSA) is 92.9 Å². The van der Waals surface area contributed by atoms with Crippen molar-refractivity contribution in [3.63, 3.8) is 0 Å². The van der Waals surface area contributed by atoms with Crippen LogP contribution >= 0.6 is 0 Å². The Morgan fingerprint density at radius 3 is 2.84 bits per heavy atom. The number of nitrogens with two attached hydrogens (primary N) is 1. The molecule has 0 saturated carbocycles. The zero-order valence-corrected chi connectivity index (χ0v) is 10.6. The maximum absolute atomic E-state index is 11.5. The predicted octanol–water partition coefficient (Wildman–Crippen LogP) is 1.03. The molecule has 0 fully saturated rings. The minimum atomic E-state index is -0.160. The lowest BCUT2D eigenvalue weighted by molar-refractivity contribution is 0.0963. The molecule has 1 aromatic carbocycles. The van der Waals surface area contributed by atoms with Gasteiger partial charge in [0.25, 0.3) is 5.91 Å². The molecule has 2 aromatic rings. The van der Waals surface area contributed by atoms with Gasteiger partial charge in [0.15, 0.2) is 0 Å². The Kier molecular flexibility index (Phi) is 3.92. The van der Waals surface area contributed by atoms with Crippen LogP contribution in [-0.4, -0.2) is 23.2 Å². The third-order valence-electron chi connectivity index (χ3n) is 2.63. The number of hydrogen-bond donors (Lipinski definition) is 3. The first-order valence-electron chi connectivity index (χ1n) is 5.83. The highest BCUT2D eigenvalue weighted by Crippen LogP contribution is 2.20. The molecule has 0 atom stereocenters. The van der Waals surface area contributed by atoms with Crippen LogP contribution in [0.5, 0.6) is 0 Å². The van der Waals surface area contributed by atoms with Crippen molar-refractivity contribution in [3.05, 3.63) is 47.8 Å². The van der Waals surface area contributed by atoms with E-state index in [0.29, 0.717) is 17.8 Å². The number of nitrogens with one attached hydrogen (secondary N) is 2. The summed E-state index contributed by atoms with van der Waals surface area (Å²) in [5, 5.41) is 13.5. The molecular weight excluding hydrogens is 242 g/mol. The maximum Gasteiger partial charge on any atom is 0.251 e. The summed E-state index contributed by atoms with van der Waals surface area (Å²) in [7, 11) is 1.58. The van der Waals surface area contributed by atoms with Crippen LogP contribution in [0.15, 0.2) is 36.5 Å². The summed E-state index contributed by atoms with van der Waals surface area (Å²) in [5.41, 5.74) is 8.53. The lowest BCUT2D eigenvalue weighted by atomic mass is 10.1. The largest absolute Gasteiger partial charge is 0.397 e. The summed E-state index contributed by atoms with van der Waals surface area (Å²) in [6.45, 7) is 0.525. The van der Waals surface area contributed by atoms with Crippen molar-refractivity contribution in [2.45, 2.75) is 6.54 Å². The Labute approximate surface area is 111 Å². The standard InChI is InChI=1S/C13H15N5O/c1-15-13(19)9-4-5-12(11(14)7-9)16-8-10-3-2-6-17-18-10/h2-7,16H,8,14H2,1H3,(H,15,19). The van der Waals surface area contributed by atoms with E-state index in [1.807, 2.05) is 12.1 Å². The SMILES string of the molecule is CNC(=O)c1ccc(NCc2cccnn2)c(N)c1. The van der Waals surface area contributed by atoms with Gasteiger partial charge in [-0.3, -0.25) is 4.79 Å². The van der Waals surface area contributed by atoms with Crippen LogP contribution < -0.4 is 16.4 Å². The summed E-state index contributed by atoms with van der Waals surface area (Å²) in [6, 6.07) is 8.82. The molecule has 0 aliphatic carbocycles. The number of anilines is 2. The van der Waals surface area contributed by atoms with Crippen molar-refractivity contribution in [2.24, 2.45) is 0 Å². The molecule has 0 unspecified atom stereocenters. The van der Waals surface area contributed by atoms with Gasteiger partial charge in [-0.05, 0) is 30.3 Å². The Hall–Kier alpha value is -2.63. The number of rotatable bonds is 4. The molecule has 0 radical (unpaired) electrons. The first-order chi connectivity index (χ1) is 9.20. The first kappa shape index (κ1) is 12.8. The van der Waals surface area contributed by atoms with Gasteiger partial charge in [0, 0.05) is 18.8 Å². The van der Waals surface area contributed by atoms with Crippen LogP contribution in [0.3, 0.4) is 0 Å². The monoisotopic (exact) mass is 257 g/mol. The molecule has 2 rings (SSSR count). The summed E-state index contributed by atoms with van der Waals surface area (Å²) in [5.74, 6) is -0.160. The molecule has 1 heterocycles. The highest BCUT2D eigenvalue weighted by atomic mass is 16.1. The number of carbonyl (C=O) groups excluding carboxylic acids is 1. The molecule has 6 nitrogen and oxygen atoms in total. The zero-order chi connectivity index (χ0) is 13.7. The van der Waals surface area contributed by atoms with E-state index in [-0.39, 0.29) is 5.91 Å². The molecule has 6 heteroatoms. The van der Waals surface area contributed by atoms with E-state index in [2.05, 4.69) is 20.8 Å². The molecule has 98 valence electrons. The van der Waals surface area contributed by atoms with Crippen molar-refractivity contribution < 1.29 is 4.79 Å². The fraction of sp³-hybridized carbons (Fsp3) is 0.154. The number of amides is 1. The van der Waals surface area contributed by atoms with E-state index in [0.717, 1.165) is 11.4 Å². The van der Waals surface area contributed by atoms with Crippen molar-refractivity contribution in [2.75, 3.05) is 18.1 Å². The number of nitrogen functional groups attached to an aromatic ring is 1. The second-order valence-electron chi connectivity index (χ2n) is 3.95. The van der Waals surface area contributed by atoms with Gasteiger partial charge < -0.3 is 16.4 Å². The molecule has 0 saturated heterocycles. The van der Waals surface area contributed by atoms with Gasteiger partial charge in [0.2, 0.25) is 0 Å². The fourth-order valence-electron chi connectivity index (χ4n) is 1.62. The highest BCUT2D eigenvalue weighted by molar-refractivity contribution is 5.95. The normalized spacial score (nSPS) is 9.95. The molecule has 0 bridgehead atoms. The van der Waals surface area contributed by atoms with Crippen LogP contribution in [0.4, 0.5) is 11.4 Å². The lowest BCUT2D eigenvalue weighted by Gasteiger charge is -2.10. The third kappa shape index (κ3) is 3.19. The number of nitrogens with zero attached hydrogens (tertiary/aromatic N) is 2. The van der Waals surface area contributed by atoms with Gasteiger partial charge in [0.1, 0.15) is 0 Å². The summed E-state index contributed by atoms with van der Waals surface area (Å²) in [6.07, 6.45) is 1.62. The highest BCUT2D eigenvalue weighted by Gasteiger charge is 2.06. The van der Waals surface area contributed by atoms with E-state index in [4.69, 9.17) is 5.73 Å². The smallest absolute Gasteiger partial charge is 0.251 e. The number of aromatic nitrogens is 2. The van der Waals surface area contributed by atoms with Gasteiger partial charge >= 0.3 is 0 Å². The van der Waals surface area contributed by atoms with Gasteiger partial charge in [-0.2, -0.15) is 10.2 Å². The maximum atomic E-state index is 11.5. The van der Waals surface area contributed by atoms with Crippen LogP contribution in [0.1, 0.15) is 16.1 Å². The van der Waals surface area contributed by atoms with Crippen LogP contribution in [0.2, 0.25) is 0 Å². The van der Waals surface area contributed by atoms with Gasteiger partial charge in [-0.25, -0.2) is 0 Å². The first-order valence-corrected chi connectivity index (χ1v) is 5.83. The second kappa shape index (κ2) is 5.81. The number of hydrogen-bond acceptors (Lipinski definition) is 5. The third-order valence-corrected chi connectivity index (χ3v) is 2.63. The van der Waals surface area contributed by atoms with E-state index < -0.39 is 0 Å². The van der Waals surface area contributed by atoms with E-state index in [1.165, 1.54) is 0 Å². The Morgan fingerprint density at radius 2 is 2.21 bits per heavy atom. The van der Waals surface area contributed by atoms with E-state index in [9.17, 15) is 4.79 Å². The molecule has 1 amide bonds. The Bertz CT molecular complexity index is 571. The van der Waals surface area contributed by atoms with Crippen molar-refractivity contribution in [3.8, 4) is 0 Å². The lowest BCUT2D eigenvalue weighted by Crippen LogP contribution is -2.18. The second-order valence-corrected chi connectivity index (χ2v) is 3.95.